The van der Waals surface area contributed by atoms with Crippen LogP contribution in [0.4, 0.5) is 4.39 Å². The van der Waals surface area contributed by atoms with Gasteiger partial charge in [0, 0.05) is 42.4 Å². The first-order chi connectivity index (χ1) is 20.6. The summed E-state index contributed by atoms with van der Waals surface area (Å²) in [5, 5.41) is 29.8. The van der Waals surface area contributed by atoms with Crippen molar-refractivity contribution in [1.29, 1.82) is 0 Å². The van der Waals surface area contributed by atoms with Crippen LogP contribution in [0.1, 0.15) is 60.0 Å². The van der Waals surface area contributed by atoms with Crippen LogP contribution < -0.4 is 0 Å². The number of nitrogens with zero attached hydrogens (tertiary/aromatic N) is 2. The SMILES string of the molecule is CC(C)n1c(C=CC(O)CC(O)CC(=O)O)c(-c2ccc(F)cc2)c(-c2ccccc2)c1C(=O)N1Cc2ccccc2C1. The summed E-state index contributed by atoms with van der Waals surface area (Å²) in [6, 6.07) is 23.5. The van der Waals surface area contributed by atoms with Gasteiger partial charge in [-0.25, -0.2) is 4.39 Å². The van der Waals surface area contributed by atoms with Crippen LogP contribution in [0.3, 0.4) is 0 Å². The lowest BCUT2D eigenvalue weighted by Crippen LogP contribution is -2.29. The van der Waals surface area contributed by atoms with E-state index in [4.69, 9.17) is 5.11 Å². The van der Waals surface area contributed by atoms with Gasteiger partial charge in [0.25, 0.3) is 5.91 Å². The number of rotatable bonds is 10. The Morgan fingerprint density at radius 1 is 0.860 bits per heavy atom. The van der Waals surface area contributed by atoms with Gasteiger partial charge in [0.15, 0.2) is 0 Å². The number of aliphatic hydroxyl groups excluding tert-OH is 2. The smallest absolute Gasteiger partial charge is 0.305 e. The largest absolute Gasteiger partial charge is 0.481 e. The molecule has 0 spiro atoms. The van der Waals surface area contributed by atoms with Crippen LogP contribution in [0.15, 0.2) is 84.9 Å². The third-order valence-corrected chi connectivity index (χ3v) is 7.69. The Hall–Kier alpha value is -4.53. The van der Waals surface area contributed by atoms with E-state index in [0.717, 1.165) is 16.7 Å². The Kier molecular flexibility index (Phi) is 8.89. The van der Waals surface area contributed by atoms with Crippen LogP contribution in [0.25, 0.3) is 28.3 Å². The van der Waals surface area contributed by atoms with E-state index >= 15 is 0 Å². The Bertz CT molecular complexity index is 1620. The molecule has 0 saturated heterocycles. The highest BCUT2D eigenvalue weighted by molar-refractivity contribution is 6.06. The molecule has 5 rings (SSSR count). The lowest BCUT2D eigenvalue weighted by atomic mass is 9.94. The summed E-state index contributed by atoms with van der Waals surface area (Å²) in [6.45, 7) is 4.90. The maximum absolute atomic E-state index is 14.6. The van der Waals surface area contributed by atoms with E-state index in [1.54, 1.807) is 18.2 Å². The first-order valence-electron chi connectivity index (χ1n) is 14.4. The summed E-state index contributed by atoms with van der Waals surface area (Å²) < 4.78 is 16.0. The van der Waals surface area contributed by atoms with Crippen LogP contribution in [0, 0.1) is 5.82 Å². The highest BCUT2D eigenvalue weighted by Crippen LogP contribution is 2.43. The van der Waals surface area contributed by atoms with Gasteiger partial charge in [-0.15, -0.1) is 0 Å². The third-order valence-electron chi connectivity index (χ3n) is 7.69. The van der Waals surface area contributed by atoms with Gasteiger partial charge in [-0.3, -0.25) is 9.59 Å². The zero-order valence-corrected chi connectivity index (χ0v) is 24.2. The molecule has 2 unspecified atom stereocenters. The predicted octanol–water partition coefficient (Wildman–Crippen LogP) is 6.30. The number of hydrogen-bond donors (Lipinski definition) is 3. The van der Waals surface area contributed by atoms with Crippen LogP contribution in [0.5, 0.6) is 0 Å². The van der Waals surface area contributed by atoms with E-state index < -0.39 is 24.6 Å². The summed E-state index contributed by atoms with van der Waals surface area (Å²) >= 11 is 0. The first-order valence-corrected chi connectivity index (χ1v) is 14.4. The van der Waals surface area contributed by atoms with E-state index in [1.165, 1.54) is 18.2 Å². The summed E-state index contributed by atoms with van der Waals surface area (Å²) in [6.07, 6.45) is 0.196. The summed E-state index contributed by atoms with van der Waals surface area (Å²) in [7, 11) is 0. The lowest BCUT2D eigenvalue weighted by Gasteiger charge is -2.21. The average molecular weight is 583 g/mol. The number of carbonyl (C=O) groups excluding carboxylic acids is 1. The van der Waals surface area contributed by atoms with Gasteiger partial charge in [0.05, 0.1) is 18.6 Å². The molecule has 2 atom stereocenters. The molecule has 3 N–H and O–H groups in total. The average Bonchev–Trinajstić information content (AvgIpc) is 3.56. The molecule has 2 heterocycles. The predicted molar refractivity (Wildman–Crippen MR) is 164 cm³/mol. The minimum atomic E-state index is -1.22. The summed E-state index contributed by atoms with van der Waals surface area (Å²) in [5.74, 6) is -1.70. The van der Waals surface area contributed by atoms with Crippen LogP contribution in [-0.4, -0.2) is 48.9 Å². The molecule has 1 aliphatic heterocycles. The van der Waals surface area contributed by atoms with Crippen LogP contribution in [-0.2, 0) is 17.9 Å². The highest BCUT2D eigenvalue weighted by Gasteiger charge is 2.33. The molecule has 4 aromatic rings. The van der Waals surface area contributed by atoms with Crippen molar-refractivity contribution in [2.75, 3.05) is 0 Å². The maximum atomic E-state index is 14.6. The zero-order chi connectivity index (χ0) is 30.7. The zero-order valence-electron chi connectivity index (χ0n) is 24.2. The van der Waals surface area contributed by atoms with Gasteiger partial charge in [-0.1, -0.05) is 72.8 Å². The molecule has 1 aromatic heterocycles. The maximum Gasteiger partial charge on any atom is 0.305 e. The topological polar surface area (TPSA) is 103 Å². The second-order valence-electron chi connectivity index (χ2n) is 11.2. The second-order valence-corrected chi connectivity index (χ2v) is 11.2. The van der Waals surface area contributed by atoms with E-state index in [9.17, 15) is 24.2 Å². The first kappa shape index (κ1) is 29.9. The molecule has 0 saturated carbocycles. The van der Waals surface area contributed by atoms with Gasteiger partial charge < -0.3 is 24.8 Å². The van der Waals surface area contributed by atoms with Crippen molar-refractivity contribution in [3.8, 4) is 22.3 Å². The monoisotopic (exact) mass is 582 g/mol. The standard InChI is InChI=1S/C35H35FN2O5/c1-22(2)38-30(17-16-28(39)18-29(40)19-31(41)42)32(24-12-14-27(36)15-13-24)33(23-8-4-3-5-9-23)34(38)35(43)37-20-25-10-6-7-11-26(25)21-37/h3-17,22,28-29,39-40H,18-21H2,1-2H3,(H,41,42). The molecule has 0 radical (unpaired) electrons. The van der Waals surface area contributed by atoms with Crippen LogP contribution in [0.2, 0.25) is 0 Å². The molecule has 0 fully saturated rings. The molecular formula is C35H35FN2O5. The number of carboxylic acids is 1. The fourth-order valence-corrected chi connectivity index (χ4v) is 5.78. The number of amides is 1. The second kappa shape index (κ2) is 12.8. The van der Waals surface area contributed by atoms with Crippen molar-refractivity contribution in [2.24, 2.45) is 0 Å². The van der Waals surface area contributed by atoms with Gasteiger partial charge in [0.2, 0.25) is 0 Å². The van der Waals surface area contributed by atoms with E-state index in [0.29, 0.717) is 41.2 Å². The fraction of sp³-hybridized carbons (Fsp3) is 0.257. The van der Waals surface area contributed by atoms with E-state index in [2.05, 4.69) is 0 Å². The van der Waals surface area contributed by atoms with Crippen molar-refractivity contribution in [3.05, 3.63) is 113 Å². The minimum absolute atomic E-state index is 0.149. The number of aliphatic hydroxyl groups is 2. The molecule has 0 bridgehead atoms. The number of aliphatic carboxylic acids is 1. The molecule has 1 aliphatic rings. The van der Waals surface area contributed by atoms with E-state index in [1.807, 2.05) is 77.9 Å². The molecular weight excluding hydrogens is 547 g/mol. The molecule has 7 nitrogen and oxygen atoms in total. The molecule has 8 heteroatoms. The van der Waals surface area contributed by atoms with Crippen molar-refractivity contribution in [3.63, 3.8) is 0 Å². The Balaban J connectivity index is 1.71. The molecule has 43 heavy (non-hydrogen) atoms. The fourth-order valence-electron chi connectivity index (χ4n) is 5.78. The quantitative estimate of drug-likeness (QED) is 0.204. The van der Waals surface area contributed by atoms with Gasteiger partial charge >= 0.3 is 5.97 Å². The number of carboxylic acid groups (broad SMARTS) is 1. The number of carbonyl (C=O) groups is 2. The summed E-state index contributed by atoms with van der Waals surface area (Å²) in [5.41, 5.74) is 6.22. The molecule has 3 aromatic carbocycles. The highest BCUT2D eigenvalue weighted by atomic mass is 19.1. The Labute approximate surface area is 250 Å². The summed E-state index contributed by atoms with van der Waals surface area (Å²) in [4.78, 5) is 27.4. The van der Waals surface area contributed by atoms with Crippen molar-refractivity contribution < 1.29 is 29.3 Å². The number of hydrogen-bond acceptors (Lipinski definition) is 4. The normalized spacial score (nSPS) is 14.3. The van der Waals surface area contributed by atoms with Crippen molar-refractivity contribution >= 4 is 18.0 Å². The number of fused-ring (bicyclic) bond motifs is 1. The van der Waals surface area contributed by atoms with Crippen molar-refractivity contribution in [1.82, 2.24) is 9.47 Å². The van der Waals surface area contributed by atoms with Gasteiger partial charge in [0.1, 0.15) is 11.5 Å². The molecule has 0 aliphatic carbocycles. The number of halogens is 1. The van der Waals surface area contributed by atoms with Crippen molar-refractivity contribution in [2.45, 2.75) is 58.0 Å². The number of benzene rings is 3. The minimum Gasteiger partial charge on any atom is -0.481 e. The third kappa shape index (κ3) is 6.45. The molecule has 1 amide bonds. The number of aromatic nitrogens is 1. The molecule has 222 valence electrons. The van der Waals surface area contributed by atoms with Crippen LogP contribution >= 0.6 is 0 Å². The Morgan fingerprint density at radius 2 is 1.44 bits per heavy atom. The Morgan fingerprint density at radius 3 is 2.02 bits per heavy atom. The lowest BCUT2D eigenvalue weighted by molar-refractivity contribution is -0.139. The van der Waals surface area contributed by atoms with E-state index in [-0.39, 0.29) is 24.2 Å². The van der Waals surface area contributed by atoms with Gasteiger partial charge in [-0.2, -0.15) is 0 Å². The van der Waals surface area contributed by atoms with Gasteiger partial charge in [-0.05, 0) is 54.3 Å².